The molecule has 2 aromatic rings. The van der Waals surface area contributed by atoms with Crippen molar-refractivity contribution in [1.29, 1.82) is 0 Å². The van der Waals surface area contributed by atoms with Crippen molar-refractivity contribution in [2.75, 3.05) is 39.7 Å². The second-order valence-corrected chi connectivity index (χ2v) is 6.85. The lowest BCUT2D eigenvalue weighted by atomic mass is 10.1. The maximum atomic E-state index is 12.4. The van der Waals surface area contributed by atoms with Crippen LogP contribution in [0.2, 0.25) is 5.02 Å². The normalized spacial score (nSPS) is 10.1. The summed E-state index contributed by atoms with van der Waals surface area (Å²) in [5.74, 6) is 0.686. The smallest absolute Gasteiger partial charge is 0.260 e. The molecule has 0 bridgehead atoms. The molecule has 7 nitrogen and oxygen atoms in total. The predicted octanol–water partition coefficient (Wildman–Crippen LogP) is 3.56. The van der Waals surface area contributed by atoms with Crippen LogP contribution in [0.1, 0.15) is 5.56 Å². The summed E-state index contributed by atoms with van der Waals surface area (Å²) < 4.78 is 16.1. The molecule has 0 aromatic heterocycles. The molecular weight excluding hydrogens is 408 g/mol. The van der Waals surface area contributed by atoms with Gasteiger partial charge in [0.1, 0.15) is 5.75 Å². The van der Waals surface area contributed by atoms with E-state index in [1.807, 2.05) is 12.1 Å². The number of nitrogens with zero attached hydrogens (tertiary/aromatic N) is 1. The predicted molar refractivity (Wildman–Crippen MR) is 117 cm³/mol. The summed E-state index contributed by atoms with van der Waals surface area (Å²) in [7, 11) is 4.54. The molecule has 2 amide bonds. The van der Waals surface area contributed by atoms with Crippen LogP contribution in [0.3, 0.4) is 0 Å². The third-order valence-electron chi connectivity index (χ3n) is 4.20. The summed E-state index contributed by atoms with van der Waals surface area (Å²) in [5.41, 5.74) is 1.45. The molecule has 8 heteroatoms. The monoisotopic (exact) mass is 432 g/mol. The fraction of sp³-hybridized carbons (Fsp3) is 0.273. The number of nitrogens with one attached hydrogen (secondary N) is 1. The Morgan fingerprint density at radius 2 is 1.80 bits per heavy atom. The molecule has 0 unspecified atom stereocenters. The molecule has 0 aliphatic carbocycles. The molecule has 0 atom stereocenters. The van der Waals surface area contributed by atoms with Crippen molar-refractivity contribution in [1.82, 2.24) is 4.90 Å². The van der Waals surface area contributed by atoms with Crippen LogP contribution < -0.4 is 19.5 Å². The largest absolute Gasteiger partial charge is 0.495 e. The van der Waals surface area contributed by atoms with E-state index < -0.39 is 5.91 Å². The van der Waals surface area contributed by atoms with Crippen molar-refractivity contribution in [2.45, 2.75) is 6.42 Å². The Morgan fingerprint density at radius 3 is 2.47 bits per heavy atom. The number of ether oxygens (including phenoxy) is 3. The second-order valence-electron chi connectivity index (χ2n) is 6.41. The summed E-state index contributed by atoms with van der Waals surface area (Å²) in [6, 6.07) is 10.3. The number of carbonyl (C=O) groups is 2. The fourth-order valence-electron chi connectivity index (χ4n) is 2.65. The minimum atomic E-state index is -0.391. The van der Waals surface area contributed by atoms with E-state index in [-0.39, 0.29) is 19.1 Å². The number of amides is 2. The fourth-order valence-corrected chi connectivity index (χ4v) is 2.82. The molecule has 1 N–H and O–H groups in total. The first kappa shape index (κ1) is 23.1. The highest BCUT2D eigenvalue weighted by molar-refractivity contribution is 6.31. The molecule has 0 spiro atoms. The second kappa shape index (κ2) is 11.1. The summed E-state index contributed by atoms with van der Waals surface area (Å²) in [5, 5.41) is 3.14. The minimum Gasteiger partial charge on any atom is -0.495 e. The summed E-state index contributed by atoms with van der Waals surface area (Å²) in [6.45, 7) is 3.31. The van der Waals surface area contributed by atoms with Crippen LogP contribution in [0, 0.1) is 0 Å². The Bertz CT molecular complexity index is 916. The molecule has 2 aromatic carbocycles. The van der Waals surface area contributed by atoms with Crippen molar-refractivity contribution in [3.8, 4) is 17.2 Å². The minimum absolute atomic E-state index is 0.159. The SMILES string of the molecule is C=CCc1ccc(OCC(=O)N(C)CC(=O)Nc2cc(Cl)ccc2OC)c(OC)c1. The van der Waals surface area contributed by atoms with Gasteiger partial charge in [0.2, 0.25) is 5.91 Å². The van der Waals surface area contributed by atoms with Gasteiger partial charge in [-0.15, -0.1) is 6.58 Å². The average Bonchev–Trinajstić information content (AvgIpc) is 2.72. The number of benzene rings is 2. The average molecular weight is 433 g/mol. The number of rotatable bonds is 10. The molecule has 0 radical (unpaired) electrons. The molecule has 0 fully saturated rings. The van der Waals surface area contributed by atoms with Crippen molar-refractivity contribution in [3.63, 3.8) is 0 Å². The van der Waals surface area contributed by atoms with Crippen LogP contribution in [0.25, 0.3) is 0 Å². The van der Waals surface area contributed by atoms with Crippen molar-refractivity contribution >= 4 is 29.1 Å². The number of hydrogen-bond donors (Lipinski definition) is 1. The highest BCUT2D eigenvalue weighted by atomic mass is 35.5. The van der Waals surface area contributed by atoms with Crippen LogP contribution in [-0.4, -0.2) is 51.1 Å². The standard InChI is InChI=1S/C22H25ClN2O5/c1-5-6-15-7-9-19(20(11-15)29-4)30-14-22(27)25(2)13-21(26)24-17-12-16(23)8-10-18(17)28-3/h5,7-12H,1,6,13-14H2,2-4H3,(H,24,26). The van der Waals surface area contributed by atoms with Crippen molar-refractivity contribution in [2.24, 2.45) is 0 Å². The zero-order valence-corrected chi connectivity index (χ0v) is 18.0. The Balaban J connectivity index is 1.93. The lowest BCUT2D eigenvalue weighted by Gasteiger charge is -2.18. The number of halogens is 1. The third kappa shape index (κ3) is 6.42. The van der Waals surface area contributed by atoms with E-state index in [9.17, 15) is 9.59 Å². The van der Waals surface area contributed by atoms with Crippen LogP contribution in [0.5, 0.6) is 17.2 Å². The van der Waals surface area contributed by atoms with Gasteiger partial charge in [0.25, 0.3) is 5.91 Å². The summed E-state index contributed by atoms with van der Waals surface area (Å²) >= 11 is 5.96. The molecule has 30 heavy (non-hydrogen) atoms. The van der Waals surface area contributed by atoms with Crippen molar-refractivity contribution < 1.29 is 23.8 Å². The Kier molecular flexibility index (Phi) is 8.55. The van der Waals surface area contributed by atoms with E-state index in [1.54, 1.807) is 30.3 Å². The van der Waals surface area contributed by atoms with Gasteiger partial charge in [-0.3, -0.25) is 9.59 Å². The molecule has 0 heterocycles. The first-order chi connectivity index (χ1) is 14.4. The number of allylic oxidation sites excluding steroid dienone is 1. The summed E-state index contributed by atoms with van der Waals surface area (Å²) in [6.07, 6.45) is 2.49. The van der Waals surface area contributed by atoms with Gasteiger partial charge >= 0.3 is 0 Å². The highest BCUT2D eigenvalue weighted by Crippen LogP contribution is 2.29. The number of methoxy groups -OCH3 is 2. The van der Waals surface area contributed by atoms with E-state index in [4.69, 9.17) is 25.8 Å². The van der Waals surface area contributed by atoms with Gasteiger partial charge in [-0.25, -0.2) is 0 Å². The van der Waals surface area contributed by atoms with E-state index in [0.717, 1.165) is 5.56 Å². The lowest BCUT2D eigenvalue weighted by molar-refractivity contribution is -0.135. The van der Waals surface area contributed by atoms with Gasteiger partial charge in [-0.1, -0.05) is 23.7 Å². The van der Waals surface area contributed by atoms with Crippen LogP contribution in [0.4, 0.5) is 5.69 Å². The van der Waals surface area contributed by atoms with Crippen LogP contribution in [0.15, 0.2) is 49.1 Å². The molecule has 160 valence electrons. The number of carbonyl (C=O) groups excluding carboxylic acids is 2. The van der Waals surface area contributed by atoms with E-state index in [2.05, 4.69) is 11.9 Å². The zero-order valence-electron chi connectivity index (χ0n) is 17.2. The molecule has 0 aliphatic heterocycles. The summed E-state index contributed by atoms with van der Waals surface area (Å²) in [4.78, 5) is 25.9. The van der Waals surface area contributed by atoms with E-state index in [1.165, 1.54) is 26.2 Å². The molecule has 0 aliphatic rings. The Morgan fingerprint density at radius 1 is 1.10 bits per heavy atom. The Hall–Kier alpha value is -3.19. The lowest BCUT2D eigenvalue weighted by Crippen LogP contribution is -2.37. The van der Waals surface area contributed by atoms with Gasteiger partial charge in [0.15, 0.2) is 18.1 Å². The maximum Gasteiger partial charge on any atom is 0.260 e. The van der Waals surface area contributed by atoms with E-state index >= 15 is 0 Å². The quantitative estimate of drug-likeness (QED) is 0.581. The molecular formula is C22H25ClN2O5. The first-order valence-electron chi connectivity index (χ1n) is 9.16. The van der Waals surface area contributed by atoms with Crippen LogP contribution in [-0.2, 0) is 16.0 Å². The topological polar surface area (TPSA) is 77.1 Å². The van der Waals surface area contributed by atoms with Gasteiger partial charge in [0, 0.05) is 12.1 Å². The molecule has 0 saturated heterocycles. The zero-order chi connectivity index (χ0) is 22.1. The van der Waals surface area contributed by atoms with Gasteiger partial charge in [-0.2, -0.15) is 0 Å². The van der Waals surface area contributed by atoms with Gasteiger partial charge < -0.3 is 24.4 Å². The maximum absolute atomic E-state index is 12.4. The van der Waals surface area contributed by atoms with Crippen LogP contribution >= 0.6 is 11.6 Å². The van der Waals surface area contributed by atoms with Gasteiger partial charge in [-0.05, 0) is 42.3 Å². The number of hydrogen-bond acceptors (Lipinski definition) is 5. The third-order valence-corrected chi connectivity index (χ3v) is 4.44. The molecule has 0 saturated carbocycles. The first-order valence-corrected chi connectivity index (χ1v) is 9.53. The van der Waals surface area contributed by atoms with Crippen molar-refractivity contribution in [3.05, 3.63) is 59.6 Å². The Labute approximate surface area is 181 Å². The number of anilines is 1. The highest BCUT2D eigenvalue weighted by Gasteiger charge is 2.16. The number of likely N-dealkylation sites (N-methyl/N-ethyl adjacent to an activating group) is 1. The van der Waals surface area contributed by atoms with E-state index in [0.29, 0.717) is 34.4 Å². The molecule has 2 rings (SSSR count). The van der Waals surface area contributed by atoms with Gasteiger partial charge in [0.05, 0.1) is 26.5 Å².